The molecule has 0 spiro atoms. The number of aryl methyl sites for hydroxylation is 2. The van der Waals surface area contributed by atoms with Crippen molar-refractivity contribution in [2.75, 3.05) is 5.33 Å². The van der Waals surface area contributed by atoms with Crippen LogP contribution in [0.5, 0.6) is 0 Å². The van der Waals surface area contributed by atoms with E-state index in [9.17, 15) is 0 Å². The van der Waals surface area contributed by atoms with Gasteiger partial charge in [0.05, 0.1) is 0 Å². The molecule has 2 aromatic rings. The predicted molar refractivity (Wildman–Crippen MR) is 89.7 cm³/mol. The quantitative estimate of drug-likeness (QED) is 0.679. The number of alkyl halides is 1. The lowest BCUT2D eigenvalue weighted by Gasteiger charge is -2.38. The molecule has 0 fully saturated rings. The number of benzene rings is 2. The van der Waals surface area contributed by atoms with E-state index in [1.807, 2.05) is 0 Å². The van der Waals surface area contributed by atoms with Crippen LogP contribution in [-0.2, 0) is 18.3 Å². The van der Waals surface area contributed by atoms with Crippen LogP contribution in [0.3, 0.4) is 0 Å². The van der Waals surface area contributed by atoms with E-state index in [-0.39, 0.29) is 5.41 Å². The van der Waals surface area contributed by atoms with Crippen molar-refractivity contribution in [2.24, 2.45) is 0 Å². The molecular weight excluding hydrogens is 308 g/mol. The molecule has 0 saturated heterocycles. The molecule has 0 radical (unpaired) electrons. The topological polar surface area (TPSA) is 0 Å². The third-order valence-corrected chi connectivity index (χ3v) is 5.64. The van der Waals surface area contributed by atoms with Crippen molar-refractivity contribution in [3.8, 4) is 0 Å². The van der Waals surface area contributed by atoms with Gasteiger partial charge in [0.1, 0.15) is 0 Å². The summed E-state index contributed by atoms with van der Waals surface area (Å²) in [4.78, 5) is 0. The molecule has 0 bridgehead atoms. The predicted octanol–water partition coefficient (Wildman–Crippen LogP) is 5.21. The number of halogens is 1. The first-order chi connectivity index (χ1) is 9.73. The second kappa shape index (κ2) is 5.73. The van der Waals surface area contributed by atoms with Gasteiger partial charge in [-0.05, 0) is 49.3 Å². The maximum atomic E-state index is 3.81. The van der Waals surface area contributed by atoms with Gasteiger partial charge < -0.3 is 0 Å². The van der Waals surface area contributed by atoms with E-state index < -0.39 is 0 Å². The monoisotopic (exact) mass is 328 g/mol. The van der Waals surface area contributed by atoms with Crippen molar-refractivity contribution in [2.45, 2.75) is 38.0 Å². The Bertz CT molecular complexity index is 602. The maximum absolute atomic E-state index is 3.81. The van der Waals surface area contributed by atoms with E-state index in [2.05, 4.69) is 71.4 Å². The van der Waals surface area contributed by atoms with Gasteiger partial charge in [0.25, 0.3) is 0 Å². The molecule has 104 valence electrons. The van der Waals surface area contributed by atoms with Crippen LogP contribution in [0, 0.1) is 6.92 Å². The number of hydrogen-bond donors (Lipinski definition) is 0. The Labute approximate surface area is 130 Å². The minimum atomic E-state index is 0.267. The van der Waals surface area contributed by atoms with E-state index >= 15 is 0 Å². The Hall–Kier alpha value is -1.08. The molecule has 3 rings (SSSR count). The highest BCUT2D eigenvalue weighted by molar-refractivity contribution is 9.09. The lowest BCUT2D eigenvalue weighted by Crippen LogP contribution is -2.35. The van der Waals surface area contributed by atoms with Crippen molar-refractivity contribution >= 4 is 15.9 Å². The SMILES string of the molecule is Cc1cccc(CC2(CBr)CCCc3ccccc32)c1. The lowest BCUT2D eigenvalue weighted by molar-refractivity contribution is 0.401. The average Bonchev–Trinajstić information content (AvgIpc) is 2.47. The molecular formula is C19H21Br. The van der Waals surface area contributed by atoms with Gasteiger partial charge in [-0.3, -0.25) is 0 Å². The number of rotatable bonds is 3. The van der Waals surface area contributed by atoms with Gasteiger partial charge in [0.2, 0.25) is 0 Å². The Balaban J connectivity index is 2.00. The van der Waals surface area contributed by atoms with Crippen molar-refractivity contribution in [1.82, 2.24) is 0 Å². The molecule has 1 aliphatic rings. The molecule has 1 atom stereocenters. The zero-order chi connectivity index (χ0) is 14.0. The molecule has 0 heterocycles. The summed E-state index contributed by atoms with van der Waals surface area (Å²) in [6, 6.07) is 18.0. The highest BCUT2D eigenvalue weighted by atomic mass is 79.9. The van der Waals surface area contributed by atoms with Crippen molar-refractivity contribution in [1.29, 1.82) is 0 Å². The first-order valence-electron chi connectivity index (χ1n) is 7.43. The van der Waals surface area contributed by atoms with Crippen LogP contribution in [-0.4, -0.2) is 5.33 Å². The largest absolute Gasteiger partial charge is 0.0918 e. The van der Waals surface area contributed by atoms with Crippen LogP contribution in [0.4, 0.5) is 0 Å². The van der Waals surface area contributed by atoms with E-state index in [1.165, 1.54) is 30.4 Å². The van der Waals surface area contributed by atoms with Gasteiger partial charge in [0.15, 0.2) is 0 Å². The molecule has 0 aliphatic heterocycles. The van der Waals surface area contributed by atoms with Gasteiger partial charge in [-0.2, -0.15) is 0 Å². The van der Waals surface area contributed by atoms with Crippen molar-refractivity contribution < 1.29 is 0 Å². The fourth-order valence-corrected chi connectivity index (χ4v) is 4.37. The maximum Gasteiger partial charge on any atom is 0.0132 e. The van der Waals surface area contributed by atoms with Crippen molar-refractivity contribution in [3.05, 3.63) is 70.8 Å². The van der Waals surface area contributed by atoms with E-state index in [0.29, 0.717) is 0 Å². The minimum Gasteiger partial charge on any atom is -0.0918 e. The van der Waals surface area contributed by atoms with Gasteiger partial charge in [-0.25, -0.2) is 0 Å². The molecule has 0 N–H and O–H groups in total. The molecule has 0 aromatic heterocycles. The summed E-state index contributed by atoms with van der Waals surface area (Å²) in [5.41, 5.74) is 6.19. The summed E-state index contributed by atoms with van der Waals surface area (Å²) >= 11 is 3.81. The Kier molecular flexibility index (Phi) is 3.98. The first-order valence-corrected chi connectivity index (χ1v) is 8.56. The zero-order valence-corrected chi connectivity index (χ0v) is 13.6. The fraction of sp³-hybridized carbons (Fsp3) is 0.368. The van der Waals surface area contributed by atoms with Gasteiger partial charge in [-0.15, -0.1) is 0 Å². The molecule has 1 heteroatoms. The first kappa shape index (κ1) is 13.9. The van der Waals surface area contributed by atoms with E-state index in [4.69, 9.17) is 0 Å². The average molecular weight is 329 g/mol. The molecule has 20 heavy (non-hydrogen) atoms. The second-order valence-electron chi connectivity index (χ2n) is 6.09. The summed E-state index contributed by atoms with van der Waals surface area (Å²) < 4.78 is 0. The normalized spacial score (nSPS) is 21.5. The summed E-state index contributed by atoms with van der Waals surface area (Å²) in [7, 11) is 0. The second-order valence-corrected chi connectivity index (χ2v) is 6.65. The minimum absolute atomic E-state index is 0.267. The van der Waals surface area contributed by atoms with E-state index in [1.54, 1.807) is 11.1 Å². The molecule has 0 saturated carbocycles. The highest BCUT2D eigenvalue weighted by Gasteiger charge is 2.35. The van der Waals surface area contributed by atoms with Crippen LogP contribution in [0.15, 0.2) is 48.5 Å². The Morgan fingerprint density at radius 1 is 1.10 bits per heavy atom. The van der Waals surface area contributed by atoms with Crippen LogP contribution >= 0.6 is 15.9 Å². The van der Waals surface area contributed by atoms with Crippen LogP contribution in [0.25, 0.3) is 0 Å². The number of hydrogen-bond acceptors (Lipinski definition) is 0. The van der Waals surface area contributed by atoms with E-state index in [0.717, 1.165) is 11.8 Å². The van der Waals surface area contributed by atoms with Crippen LogP contribution < -0.4 is 0 Å². The summed E-state index contributed by atoms with van der Waals surface area (Å²) in [6.45, 7) is 2.18. The van der Waals surface area contributed by atoms with Gasteiger partial charge >= 0.3 is 0 Å². The smallest absolute Gasteiger partial charge is 0.0132 e. The molecule has 0 nitrogen and oxygen atoms in total. The third kappa shape index (κ3) is 2.56. The Morgan fingerprint density at radius 3 is 2.75 bits per heavy atom. The van der Waals surface area contributed by atoms with Gasteiger partial charge in [-0.1, -0.05) is 70.0 Å². The number of fused-ring (bicyclic) bond motifs is 1. The zero-order valence-electron chi connectivity index (χ0n) is 12.0. The van der Waals surface area contributed by atoms with Gasteiger partial charge in [0, 0.05) is 10.7 Å². The molecule has 1 unspecified atom stereocenters. The summed E-state index contributed by atoms with van der Waals surface area (Å²) in [6.07, 6.45) is 4.95. The standard InChI is InChI=1S/C19H21Br/c1-15-6-4-7-16(12-15)13-19(14-20)11-5-9-17-8-2-3-10-18(17)19/h2-4,6-8,10,12H,5,9,11,13-14H2,1H3. The Morgan fingerprint density at radius 2 is 1.95 bits per heavy atom. The molecule has 2 aromatic carbocycles. The van der Waals surface area contributed by atoms with Crippen LogP contribution in [0.2, 0.25) is 0 Å². The molecule has 0 amide bonds. The fourth-order valence-electron chi connectivity index (χ4n) is 3.59. The highest BCUT2D eigenvalue weighted by Crippen LogP contribution is 2.41. The lowest BCUT2D eigenvalue weighted by atomic mass is 9.68. The third-order valence-electron chi connectivity index (χ3n) is 4.57. The molecule has 1 aliphatic carbocycles. The summed E-state index contributed by atoms with van der Waals surface area (Å²) in [5.74, 6) is 0. The van der Waals surface area contributed by atoms with Crippen LogP contribution in [0.1, 0.15) is 35.1 Å². The van der Waals surface area contributed by atoms with Crippen molar-refractivity contribution in [3.63, 3.8) is 0 Å². The summed E-state index contributed by atoms with van der Waals surface area (Å²) in [5, 5.41) is 1.05.